The van der Waals surface area contributed by atoms with Gasteiger partial charge in [-0.1, -0.05) is 0 Å². The van der Waals surface area contributed by atoms with E-state index in [1.165, 1.54) is 12.1 Å². The molecule has 0 aromatic heterocycles. The van der Waals surface area contributed by atoms with Gasteiger partial charge >= 0.3 is 5.97 Å². The van der Waals surface area contributed by atoms with E-state index in [9.17, 15) is 14.4 Å². The number of hydrogen-bond acceptors (Lipinski definition) is 5. The largest absolute Gasteiger partial charge is 0.462 e. The fourth-order valence-corrected chi connectivity index (χ4v) is 2.09. The van der Waals surface area contributed by atoms with E-state index < -0.39 is 17.8 Å². The first-order chi connectivity index (χ1) is 12.5. The minimum Gasteiger partial charge on any atom is -0.462 e. The Bertz CT molecular complexity index is 837. The van der Waals surface area contributed by atoms with Crippen molar-refractivity contribution in [3.05, 3.63) is 59.7 Å². The molecule has 2 amide bonds. The quantitative estimate of drug-likeness (QED) is 0.614. The van der Waals surface area contributed by atoms with Crippen LogP contribution in [0.4, 0.5) is 11.4 Å². The standard InChI is InChI=1S/C19H17N3O4/c1-2-26-19(25)14-5-9-16(10-6-14)22-18(24)11-17(23)21-15-7-3-13(12-20)4-8-15/h3-10H,2,11H2,1H3,(H,21,23)(H,22,24). The minimum absolute atomic E-state index is 0.283. The fraction of sp³-hybridized carbons (Fsp3) is 0.158. The summed E-state index contributed by atoms with van der Waals surface area (Å²) in [4.78, 5) is 35.4. The second-order valence-electron chi connectivity index (χ2n) is 5.26. The first kappa shape index (κ1) is 18.7. The van der Waals surface area contributed by atoms with E-state index in [0.29, 0.717) is 22.5 Å². The minimum atomic E-state index is -0.486. The highest BCUT2D eigenvalue weighted by atomic mass is 16.5. The Hall–Kier alpha value is -3.66. The Labute approximate surface area is 150 Å². The molecular weight excluding hydrogens is 334 g/mol. The number of benzene rings is 2. The molecule has 2 N–H and O–H groups in total. The first-order valence-corrected chi connectivity index (χ1v) is 7.89. The number of hydrogen-bond donors (Lipinski definition) is 2. The van der Waals surface area contributed by atoms with Crippen LogP contribution in [-0.4, -0.2) is 24.4 Å². The van der Waals surface area contributed by atoms with Crippen LogP contribution >= 0.6 is 0 Å². The Morgan fingerprint density at radius 3 is 1.88 bits per heavy atom. The van der Waals surface area contributed by atoms with E-state index in [0.717, 1.165) is 0 Å². The number of ether oxygens (including phenoxy) is 1. The number of rotatable bonds is 6. The van der Waals surface area contributed by atoms with Gasteiger partial charge < -0.3 is 15.4 Å². The molecule has 0 aliphatic heterocycles. The maximum Gasteiger partial charge on any atom is 0.338 e. The van der Waals surface area contributed by atoms with Crippen LogP contribution in [0.2, 0.25) is 0 Å². The number of anilines is 2. The first-order valence-electron chi connectivity index (χ1n) is 7.89. The molecule has 0 bridgehead atoms. The molecule has 0 heterocycles. The lowest BCUT2D eigenvalue weighted by Gasteiger charge is -2.07. The third kappa shape index (κ3) is 5.46. The van der Waals surface area contributed by atoms with Crippen molar-refractivity contribution in [1.29, 1.82) is 5.26 Å². The highest BCUT2D eigenvalue weighted by molar-refractivity contribution is 6.08. The lowest BCUT2D eigenvalue weighted by Crippen LogP contribution is -2.21. The van der Waals surface area contributed by atoms with Gasteiger partial charge in [0.05, 0.1) is 23.8 Å². The van der Waals surface area contributed by atoms with Gasteiger partial charge in [0.2, 0.25) is 11.8 Å². The third-order valence-electron chi connectivity index (χ3n) is 3.30. The van der Waals surface area contributed by atoms with Crippen LogP contribution in [0.25, 0.3) is 0 Å². The number of esters is 1. The Morgan fingerprint density at radius 1 is 0.923 bits per heavy atom. The lowest BCUT2D eigenvalue weighted by atomic mass is 10.2. The summed E-state index contributed by atoms with van der Waals surface area (Å²) in [5.41, 5.74) is 1.82. The molecule has 7 heteroatoms. The summed E-state index contributed by atoms with van der Waals surface area (Å²) in [5, 5.41) is 13.9. The van der Waals surface area contributed by atoms with Gasteiger partial charge in [0.1, 0.15) is 6.42 Å². The fourth-order valence-electron chi connectivity index (χ4n) is 2.09. The Morgan fingerprint density at radius 2 is 1.42 bits per heavy atom. The summed E-state index contributed by atoms with van der Waals surface area (Å²) >= 11 is 0. The van der Waals surface area contributed by atoms with E-state index >= 15 is 0 Å². The van der Waals surface area contributed by atoms with Crippen molar-refractivity contribution >= 4 is 29.2 Å². The van der Waals surface area contributed by atoms with Crippen molar-refractivity contribution in [3.63, 3.8) is 0 Å². The lowest BCUT2D eigenvalue weighted by molar-refractivity contribution is -0.123. The molecule has 0 saturated heterocycles. The van der Waals surface area contributed by atoms with E-state index in [4.69, 9.17) is 10.00 Å². The maximum absolute atomic E-state index is 11.9. The molecule has 0 fully saturated rings. The molecule has 132 valence electrons. The Balaban J connectivity index is 1.86. The molecule has 26 heavy (non-hydrogen) atoms. The molecule has 2 rings (SSSR count). The van der Waals surface area contributed by atoms with E-state index in [1.807, 2.05) is 6.07 Å². The average molecular weight is 351 g/mol. The van der Waals surface area contributed by atoms with E-state index in [2.05, 4.69) is 10.6 Å². The molecule has 7 nitrogen and oxygen atoms in total. The zero-order valence-electron chi connectivity index (χ0n) is 14.1. The molecule has 0 atom stereocenters. The number of carbonyl (C=O) groups excluding carboxylic acids is 3. The average Bonchev–Trinajstić information content (AvgIpc) is 2.63. The van der Waals surface area contributed by atoms with Crippen molar-refractivity contribution in [2.45, 2.75) is 13.3 Å². The van der Waals surface area contributed by atoms with Gasteiger partial charge in [0.25, 0.3) is 0 Å². The molecule has 2 aromatic carbocycles. The number of nitriles is 1. The number of carbonyl (C=O) groups is 3. The molecule has 0 radical (unpaired) electrons. The van der Waals surface area contributed by atoms with Crippen LogP contribution < -0.4 is 10.6 Å². The maximum atomic E-state index is 11.9. The van der Waals surface area contributed by atoms with Crippen molar-refractivity contribution in [2.24, 2.45) is 0 Å². The van der Waals surface area contributed by atoms with E-state index in [-0.39, 0.29) is 13.0 Å². The van der Waals surface area contributed by atoms with Crippen LogP contribution in [0.1, 0.15) is 29.3 Å². The van der Waals surface area contributed by atoms with Crippen molar-refractivity contribution in [3.8, 4) is 6.07 Å². The molecule has 0 saturated carbocycles. The number of amides is 2. The van der Waals surface area contributed by atoms with Gasteiger partial charge in [0, 0.05) is 11.4 Å². The second-order valence-corrected chi connectivity index (χ2v) is 5.26. The molecule has 0 unspecified atom stereocenters. The SMILES string of the molecule is CCOC(=O)c1ccc(NC(=O)CC(=O)Nc2ccc(C#N)cc2)cc1. The van der Waals surface area contributed by atoms with Crippen molar-refractivity contribution in [1.82, 2.24) is 0 Å². The topological polar surface area (TPSA) is 108 Å². The molecular formula is C19H17N3O4. The molecule has 0 spiro atoms. The van der Waals surface area contributed by atoms with Crippen molar-refractivity contribution in [2.75, 3.05) is 17.2 Å². The van der Waals surface area contributed by atoms with Crippen LogP contribution in [0.15, 0.2) is 48.5 Å². The van der Waals surface area contributed by atoms with E-state index in [1.54, 1.807) is 43.3 Å². The van der Waals surface area contributed by atoms with Crippen LogP contribution in [0, 0.1) is 11.3 Å². The predicted molar refractivity (Wildman–Crippen MR) is 95.4 cm³/mol. The number of nitrogens with one attached hydrogen (secondary N) is 2. The zero-order chi connectivity index (χ0) is 18.9. The Kier molecular flexibility index (Phi) is 6.46. The summed E-state index contributed by atoms with van der Waals surface area (Å²) in [5.74, 6) is -1.40. The summed E-state index contributed by atoms with van der Waals surface area (Å²) in [6.07, 6.45) is -0.361. The van der Waals surface area contributed by atoms with Gasteiger partial charge in [-0.15, -0.1) is 0 Å². The summed E-state index contributed by atoms with van der Waals surface area (Å²) in [6, 6.07) is 14.5. The van der Waals surface area contributed by atoms with Gasteiger partial charge in [0.15, 0.2) is 0 Å². The zero-order valence-corrected chi connectivity index (χ0v) is 14.1. The monoisotopic (exact) mass is 351 g/mol. The molecule has 0 aliphatic carbocycles. The highest BCUT2D eigenvalue weighted by Gasteiger charge is 2.11. The number of nitrogens with zero attached hydrogens (tertiary/aromatic N) is 1. The van der Waals surface area contributed by atoms with Crippen LogP contribution in [-0.2, 0) is 14.3 Å². The molecule has 0 aliphatic rings. The third-order valence-corrected chi connectivity index (χ3v) is 3.30. The van der Waals surface area contributed by atoms with Gasteiger partial charge in [-0.05, 0) is 55.5 Å². The van der Waals surface area contributed by atoms with Crippen molar-refractivity contribution < 1.29 is 19.1 Å². The predicted octanol–water partition coefficient (Wildman–Crippen LogP) is 2.70. The summed E-state index contributed by atoms with van der Waals surface area (Å²) in [6.45, 7) is 2.00. The second kappa shape index (κ2) is 8.99. The summed E-state index contributed by atoms with van der Waals surface area (Å²) in [7, 11) is 0. The highest BCUT2D eigenvalue weighted by Crippen LogP contribution is 2.12. The smallest absolute Gasteiger partial charge is 0.338 e. The van der Waals surface area contributed by atoms with Gasteiger partial charge in [-0.25, -0.2) is 4.79 Å². The molecule has 2 aromatic rings. The van der Waals surface area contributed by atoms with Crippen LogP contribution in [0.3, 0.4) is 0 Å². The normalized spacial score (nSPS) is 9.69. The van der Waals surface area contributed by atoms with Crippen LogP contribution in [0.5, 0.6) is 0 Å². The van der Waals surface area contributed by atoms with Gasteiger partial charge in [-0.2, -0.15) is 5.26 Å². The van der Waals surface area contributed by atoms with Gasteiger partial charge in [-0.3, -0.25) is 9.59 Å². The summed E-state index contributed by atoms with van der Waals surface area (Å²) < 4.78 is 4.88.